The van der Waals surface area contributed by atoms with E-state index in [9.17, 15) is 4.79 Å². The van der Waals surface area contributed by atoms with E-state index in [1.165, 1.54) is 32.1 Å². The standard InChI is InChI=1S/C19H26N2O/c1-3-21(15-9-5-4-6-10-15)13-17-14(2)20-18-12-8-7-11-16(18)19(17)22/h7-8,11-12,15H,3-6,9-10,13H2,1-2H3,(H,20,22). The maximum Gasteiger partial charge on any atom is 0.194 e. The van der Waals surface area contributed by atoms with Crippen molar-refractivity contribution in [2.24, 2.45) is 0 Å². The van der Waals surface area contributed by atoms with E-state index in [1.807, 2.05) is 31.2 Å². The van der Waals surface area contributed by atoms with E-state index in [1.54, 1.807) is 0 Å². The fourth-order valence-corrected chi connectivity index (χ4v) is 3.74. The lowest BCUT2D eigenvalue weighted by atomic mass is 9.93. The molecular weight excluding hydrogens is 272 g/mol. The van der Waals surface area contributed by atoms with Gasteiger partial charge >= 0.3 is 0 Å². The molecule has 1 aromatic heterocycles. The molecule has 0 radical (unpaired) electrons. The summed E-state index contributed by atoms with van der Waals surface area (Å²) in [4.78, 5) is 18.7. The van der Waals surface area contributed by atoms with Gasteiger partial charge in [0, 0.05) is 34.7 Å². The molecule has 1 fully saturated rings. The van der Waals surface area contributed by atoms with E-state index >= 15 is 0 Å². The minimum absolute atomic E-state index is 0.195. The Morgan fingerprint density at radius 2 is 1.91 bits per heavy atom. The van der Waals surface area contributed by atoms with E-state index in [2.05, 4.69) is 16.8 Å². The van der Waals surface area contributed by atoms with E-state index < -0.39 is 0 Å². The fourth-order valence-electron chi connectivity index (χ4n) is 3.74. The van der Waals surface area contributed by atoms with Gasteiger partial charge in [-0.1, -0.05) is 38.3 Å². The number of nitrogens with zero attached hydrogens (tertiary/aromatic N) is 1. The highest BCUT2D eigenvalue weighted by molar-refractivity contribution is 5.79. The summed E-state index contributed by atoms with van der Waals surface area (Å²) in [7, 11) is 0. The van der Waals surface area contributed by atoms with Gasteiger partial charge in [-0.3, -0.25) is 9.69 Å². The van der Waals surface area contributed by atoms with E-state index in [-0.39, 0.29) is 5.43 Å². The molecule has 22 heavy (non-hydrogen) atoms. The minimum Gasteiger partial charge on any atom is -0.358 e. The SMILES string of the molecule is CCN(Cc1c(C)[nH]c2ccccc2c1=O)C1CCCCC1. The molecule has 0 saturated heterocycles. The van der Waals surface area contributed by atoms with Gasteiger partial charge < -0.3 is 4.98 Å². The summed E-state index contributed by atoms with van der Waals surface area (Å²) in [5, 5.41) is 0.808. The van der Waals surface area contributed by atoms with Crippen LogP contribution in [0.2, 0.25) is 0 Å². The van der Waals surface area contributed by atoms with Crippen LogP contribution in [0, 0.1) is 6.92 Å². The Kier molecular flexibility index (Phi) is 4.63. The largest absolute Gasteiger partial charge is 0.358 e. The van der Waals surface area contributed by atoms with Crippen molar-refractivity contribution in [1.29, 1.82) is 0 Å². The third-order valence-corrected chi connectivity index (χ3v) is 5.08. The highest BCUT2D eigenvalue weighted by Gasteiger charge is 2.21. The molecule has 0 unspecified atom stereocenters. The highest BCUT2D eigenvalue weighted by Crippen LogP contribution is 2.24. The van der Waals surface area contributed by atoms with Crippen LogP contribution in [0.1, 0.15) is 50.3 Å². The number of aromatic amines is 1. The number of H-pyrrole nitrogens is 1. The van der Waals surface area contributed by atoms with Crippen LogP contribution in [0.15, 0.2) is 29.1 Å². The number of nitrogens with one attached hydrogen (secondary N) is 1. The molecule has 1 aliphatic rings. The van der Waals surface area contributed by atoms with Crippen molar-refractivity contribution in [3.63, 3.8) is 0 Å². The monoisotopic (exact) mass is 298 g/mol. The van der Waals surface area contributed by atoms with Crippen LogP contribution in [0.5, 0.6) is 0 Å². The molecule has 3 rings (SSSR count). The summed E-state index contributed by atoms with van der Waals surface area (Å²) in [5.41, 5.74) is 3.08. The molecule has 118 valence electrons. The lowest BCUT2D eigenvalue weighted by Gasteiger charge is -2.33. The number of aryl methyl sites for hydroxylation is 1. The van der Waals surface area contributed by atoms with Crippen LogP contribution in [-0.4, -0.2) is 22.5 Å². The number of pyridine rings is 1. The number of para-hydroxylation sites is 1. The Morgan fingerprint density at radius 3 is 2.64 bits per heavy atom. The van der Waals surface area contributed by atoms with E-state index in [0.717, 1.165) is 35.2 Å². The molecule has 0 spiro atoms. The van der Waals surface area contributed by atoms with Crippen molar-refractivity contribution in [2.75, 3.05) is 6.54 Å². The van der Waals surface area contributed by atoms with Crippen molar-refractivity contribution in [2.45, 2.75) is 58.5 Å². The second-order valence-electron chi connectivity index (χ2n) is 6.46. The summed E-state index contributed by atoms with van der Waals surface area (Å²) in [6, 6.07) is 8.46. The van der Waals surface area contributed by atoms with Gasteiger partial charge in [0.1, 0.15) is 0 Å². The van der Waals surface area contributed by atoms with Crippen LogP contribution in [0.4, 0.5) is 0 Å². The topological polar surface area (TPSA) is 36.1 Å². The predicted octanol–water partition coefficient (Wildman–Crippen LogP) is 3.99. The first kappa shape index (κ1) is 15.3. The molecule has 0 aliphatic heterocycles. The van der Waals surface area contributed by atoms with E-state index in [0.29, 0.717) is 6.04 Å². The first-order valence-corrected chi connectivity index (χ1v) is 8.55. The van der Waals surface area contributed by atoms with Gasteiger partial charge in [-0.2, -0.15) is 0 Å². The third kappa shape index (κ3) is 2.95. The summed E-state index contributed by atoms with van der Waals surface area (Å²) < 4.78 is 0. The molecule has 0 amide bonds. The van der Waals surface area contributed by atoms with Crippen LogP contribution < -0.4 is 5.43 Å². The Hall–Kier alpha value is -1.61. The predicted molar refractivity (Wildman–Crippen MR) is 92.3 cm³/mol. The number of hydrogen-bond acceptors (Lipinski definition) is 2. The number of hydrogen-bond donors (Lipinski definition) is 1. The molecule has 0 bridgehead atoms. The Balaban J connectivity index is 1.93. The van der Waals surface area contributed by atoms with Gasteiger partial charge in [0.25, 0.3) is 0 Å². The maximum atomic E-state index is 12.8. The molecule has 1 saturated carbocycles. The molecule has 1 heterocycles. The normalized spacial score (nSPS) is 16.5. The number of rotatable bonds is 4. The molecule has 2 aromatic rings. The summed E-state index contributed by atoms with van der Waals surface area (Å²) in [6.45, 7) is 6.01. The highest BCUT2D eigenvalue weighted by atomic mass is 16.1. The lowest BCUT2D eigenvalue weighted by Crippen LogP contribution is -2.37. The molecule has 0 atom stereocenters. The van der Waals surface area contributed by atoms with Crippen molar-refractivity contribution in [3.05, 3.63) is 45.7 Å². The first-order valence-electron chi connectivity index (χ1n) is 8.55. The van der Waals surface area contributed by atoms with Crippen molar-refractivity contribution < 1.29 is 0 Å². The van der Waals surface area contributed by atoms with Gasteiger partial charge in [0.2, 0.25) is 0 Å². The van der Waals surface area contributed by atoms with Crippen molar-refractivity contribution in [1.82, 2.24) is 9.88 Å². The second-order valence-corrected chi connectivity index (χ2v) is 6.46. The number of fused-ring (bicyclic) bond motifs is 1. The van der Waals surface area contributed by atoms with Crippen molar-refractivity contribution >= 4 is 10.9 Å². The van der Waals surface area contributed by atoms with E-state index in [4.69, 9.17) is 0 Å². The average molecular weight is 298 g/mol. The Bertz CT molecular complexity index is 698. The molecule has 3 nitrogen and oxygen atoms in total. The van der Waals surface area contributed by atoms with Crippen LogP contribution in [-0.2, 0) is 6.54 Å². The summed E-state index contributed by atoms with van der Waals surface area (Å²) in [5.74, 6) is 0. The zero-order chi connectivity index (χ0) is 15.5. The molecule has 1 aromatic carbocycles. The van der Waals surface area contributed by atoms with Crippen LogP contribution >= 0.6 is 0 Å². The quantitative estimate of drug-likeness (QED) is 0.926. The smallest absolute Gasteiger partial charge is 0.194 e. The van der Waals surface area contributed by atoms with Gasteiger partial charge in [-0.05, 0) is 38.4 Å². The Labute approximate surface area is 132 Å². The second kappa shape index (κ2) is 6.66. The van der Waals surface area contributed by atoms with Crippen LogP contribution in [0.3, 0.4) is 0 Å². The first-order chi connectivity index (χ1) is 10.7. The molecule has 1 N–H and O–H groups in total. The molecular formula is C19H26N2O. The maximum absolute atomic E-state index is 12.8. The Morgan fingerprint density at radius 1 is 1.18 bits per heavy atom. The summed E-state index contributed by atoms with van der Waals surface area (Å²) >= 11 is 0. The zero-order valence-electron chi connectivity index (χ0n) is 13.7. The van der Waals surface area contributed by atoms with Crippen LogP contribution in [0.25, 0.3) is 10.9 Å². The minimum atomic E-state index is 0.195. The number of benzene rings is 1. The van der Waals surface area contributed by atoms with Gasteiger partial charge in [-0.15, -0.1) is 0 Å². The average Bonchev–Trinajstić information content (AvgIpc) is 2.56. The fraction of sp³-hybridized carbons (Fsp3) is 0.526. The number of aromatic nitrogens is 1. The van der Waals surface area contributed by atoms with Gasteiger partial charge in [-0.25, -0.2) is 0 Å². The summed E-state index contributed by atoms with van der Waals surface area (Å²) in [6.07, 6.45) is 6.57. The van der Waals surface area contributed by atoms with Gasteiger partial charge in [0.05, 0.1) is 0 Å². The molecule has 1 aliphatic carbocycles. The zero-order valence-corrected chi connectivity index (χ0v) is 13.7. The molecule has 3 heteroatoms. The lowest BCUT2D eigenvalue weighted by molar-refractivity contribution is 0.155. The van der Waals surface area contributed by atoms with Gasteiger partial charge in [0.15, 0.2) is 5.43 Å². The van der Waals surface area contributed by atoms with Crippen molar-refractivity contribution in [3.8, 4) is 0 Å². The third-order valence-electron chi connectivity index (χ3n) is 5.08.